The summed E-state index contributed by atoms with van der Waals surface area (Å²) in [6.45, 7) is 1.75. The van der Waals surface area contributed by atoms with Crippen molar-refractivity contribution < 1.29 is 23.1 Å². The smallest absolute Gasteiger partial charge is 0.317 e. The highest BCUT2D eigenvalue weighted by Gasteiger charge is 2.17. The summed E-state index contributed by atoms with van der Waals surface area (Å²) in [7, 11) is 0. The first-order valence-corrected chi connectivity index (χ1v) is 9.99. The largest absolute Gasteiger partial charge is 0.440 e. The molecule has 0 spiro atoms. The number of ketones is 1. The normalized spacial score (nSPS) is 10.7. The van der Waals surface area contributed by atoms with E-state index in [9.17, 15) is 14.0 Å². The van der Waals surface area contributed by atoms with Crippen LogP contribution in [0.5, 0.6) is 5.75 Å². The highest BCUT2D eigenvalue weighted by Crippen LogP contribution is 2.26. The zero-order chi connectivity index (χ0) is 21.1. The minimum atomic E-state index is -0.484. The van der Waals surface area contributed by atoms with Gasteiger partial charge >= 0.3 is 5.97 Å². The lowest BCUT2D eigenvalue weighted by atomic mass is 10.0. The van der Waals surface area contributed by atoms with E-state index in [0.29, 0.717) is 34.2 Å². The van der Waals surface area contributed by atoms with E-state index in [2.05, 4.69) is 4.98 Å². The Bertz CT molecular complexity index is 1180. The molecule has 30 heavy (non-hydrogen) atoms. The van der Waals surface area contributed by atoms with Crippen molar-refractivity contribution >= 4 is 23.1 Å². The average Bonchev–Trinajstić information content (AvgIpc) is 3.39. The van der Waals surface area contributed by atoms with Crippen LogP contribution in [-0.4, -0.2) is 16.7 Å². The molecule has 0 fully saturated rings. The number of aryl methyl sites for hydroxylation is 1. The molecule has 0 atom stereocenters. The minimum Gasteiger partial charge on any atom is -0.440 e. The molecular formula is C23H16FNO4S. The molecule has 2 heterocycles. The van der Waals surface area contributed by atoms with Crippen LogP contribution in [-0.2, 0) is 11.2 Å². The molecule has 0 aliphatic carbocycles. The second kappa shape index (κ2) is 8.42. The number of esters is 1. The number of carbonyl (C=O) groups excluding carboxylic acids is 2. The van der Waals surface area contributed by atoms with E-state index in [1.807, 2.05) is 17.5 Å². The molecule has 7 heteroatoms. The SMILES string of the molecule is Cc1oc(-c2cccs2)nc1CC(=O)Oc1ccc(C(=O)c2ccc(F)cc2)cc1. The number of ether oxygens (including phenoxy) is 1. The lowest BCUT2D eigenvalue weighted by molar-refractivity contribution is -0.133. The molecule has 0 bridgehead atoms. The van der Waals surface area contributed by atoms with Crippen LogP contribution < -0.4 is 4.74 Å². The molecular weight excluding hydrogens is 405 g/mol. The van der Waals surface area contributed by atoms with E-state index in [1.54, 1.807) is 31.2 Å². The predicted molar refractivity (Wildman–Crippen MR) is 110 cm³/mol. The first kappa shape index (κ1) is 19.7. The summed E-state index contributed by atoms with van der Waals surface area (Å²) < 4.78 is 24.0. The Morgan fingerprint density at radius 3 is 2.33 bits per heavy atom. The van der Waals surface area contributed by atoms with Gasteiger partial charge in [0.15, 0.2) is 5.78 Å². The molecule has 4 aromatic rings. The van der Waals surface area contributed by atoms with Crippen LogP contribution in [0.25, 0.3) is 10.8 Å². The highest BCUT2D eigenvalue weighted by atomic mass is 32.1. The second-order valence-corrected chi connectivity index (χ2v) is 7.46. The zero-order valence-corrected chi connectivity index (χ0v) is 16.7. The van der Waals surface area contributed by atoms with Gasteiger partial charge in [0, 0.05) is 11.1 Å². The fourth-order valence-electron chi connectivity index (χ4n) is 2.84. The van der Waals surface area contributed by atoms with Crippen molar-refractivity contribution in [3.05, 3.63) is 94.4 Å². The Kier molecular flexibility index (Phi) is 5.54. The molecule has 0 aliphatic rings. The van der Waals surface area contributed by atoms with Gasteiger partial charge in [-0.1, -0.05) is 6.07 Å². The van der Waals surface area contributed by atoms with Crippen LogP contribution in [0.4, 0.5) is 4.39 Å². The molecule has 4 rings (SSSR count). The number of aromatic nitrogens is 1. The lowest BCUT2D eigenvalue weighted by Crippen LogP contribution is -2.12. The Morgan fingerprint density at radius 1 is 1.03 bits per heavy atom. The Balaban J connectivity index is 1.40. The number of carbonyl (C=O) groups is 2. The number of benzene rings is 2. The van der Waals surface area contributed by atoms with Crippen molar-refractivity contribution in [2.75, 3.05) is 0 Å². The van der Waals surface area contributed by atoms with E-state index in [4.69, 9.17) is 9.15 Å². The number of hydrogen-bond donors (Lipinski definition) is 0. The molecule has 0 radical (unpaired) electrons. The van der Waals surface area contributed by atoms with Crippen molar-refractivity contribution in [1.29, 1.82) is 0 Å². The van der Waals surface area contributed by atoms with Crippen LogP contribution in [0.15, 0.2) is 70.5 Å². The standard InChI is InChI=1S/C23H16FNO4S/c1-14-19(25-23(28-14)20-3-2-12-30-20)13-21(26)29-18-10-6-16(7-11-18)22(27)15-4-8-17(24)9-5-15/h2-12H,13H2,1H3. The van der Waals surface area contributed by atoms with Crippen LogP contribution in [0.2, 0.25) is 0 Å². The average molecular weight is 421 g/mol. The van der Waals surface area contributed by atoms with Crippen molar-refractivity contribution in [3.63, 3.8) is 0 Å². The van der Waals surface area contributed by atoms with Crippen LogP contribution >= 0.6 is 11.3 Å². The number of oxazole rings is 1. The maximum absolute atomic E-state index is 13.0. The summed E-state index contributed by atoms with van der Waals surface area (Å²) in [6, 6.07) is 15.3. The number of nitrogens with zero attached hydrogens (tertiary/aromatic N) is 1. The van der Waals surface area contributed by atoms with Crippen LogP contribution in [0.3, 0.4) is 0 Å². The van der Waals surface area contributed by atoms with E-state index in [0.717, 1.165) is 4.88 Å². The van der Waals surface area contributed by atoms with Crippen molar-refractivity contribution in [2.24, 2.45) is 0 Å². The van der Waals surface area contributed by atoms with Gasteiger partial charge < -0.3 is 9.15 Å². The quantitative estimate of drug-likeness (QED) is 0.242. The summed E-state index contributed by atoms with van der Waals surface area (Å²) in [5.41, 5.74) is 1.31. The molecule has 2 aromatic heterocycles. The Labute approximate surface area is 175 Å². The summed E-state index contributed by atoms with van der Waals surface area (Å²) in [5.74, 6) is 0.229. The number of thiophene rings is 1. The van der Waals surface area contributed by atoms with Gasteiger partial charge in [0.25, 0.3) is 0 Å². The Hall–Kier alpha value is -3.58. The fraction of sp³-hybridized carbons (Fsp3) is 0.0870. The monoisotopic (exact) mass is 421 g/mol. The third-order valence-corrected chi connectivity index (χ3v) is 5.25. The lowest BCUT2D eigenvalue weighted by Gasteiger charge is -2.05. The van der Waals surface area contributed by atoms with Gasteiger partial charge in [-0.05, 0) is 66.9 Å². The first-order chi connectivity index (χ1) is 14.5. The molecule has 0 unspecified atom stereocenters. The topological polar surface area (TPSA) is 69.4 Å². The van der Waals surface area contributed by atoms with Gasteiger partial charge in [-0.2, -0.15) is 0 Å². The predicted octanol–water partition coefficient (Wildman–Crippen LogP) is 5.23. The summed E-state index contributed by atoms with van der Waals surface area (Å²) in [5, 5.41) is 1.92. The van der Waals surface area contributed by atoms with Crippen molar-refractivity contribution in [1.82, 2.24) is 4.98 Å². The molecule has 5 nitrogen and oxygen atoms in total. The maximum atomic E-state index is 13.0. The van der Waals surface area contributed by atoms with Gasteiger partial charge in [0.1, 0.15) is 17.3 Å². The van der Waals surface area contributed by atoms with Crippen LogP contribution in [0, 0.1) is 12.7 Å². The molecule has 150 valence electrons. The zero-order valence-electron chi connectivity index (χ0n) is 15.9. The Morgan fingerprint density at radius 2 is 1.70 bits per heavy atom. The molecule has 0 amide bonds. The van der Waals surface area contributed by atoms with E-state index >= 15 is 0 Å². The molecule has 0 aliphatic heterocycles. The van der Waals surface area contributed by atoms with Crippen LogP contribution in [0.1, 0.15) is 27.4 Å². The number of rotatable bonds is 6. The third-order valence-electron chi connectivity index (χ3n) is 4.39. The van der Waals surface area contributed by atoms with Gasteiger partial charge in [-0.15, -0.1) is 11.3 Å². The summed E-state index contributed by atoms with van der Waals surface area (Å²) in [6.07, 6.45) is -0.0308. The number of halogens is 1. The molecule has 0 saturated heterocycles. The summed E-state index contributed by atoms with van der Waals surface area (Å²) >= 11 is 1.50. The second-order valence-electron chi connectivity index (χ2n) is 6.51. The van der Waals surface area contributed by atoms with Gasteiger partial charge in [0.2, 0.25) is 5.89 Å². The summed E-state index contributed by atoms with van der Waals surface area (Å²) in [4.78, 5) is 30.0. The third kappa shape index (κ3) is 4.36. The molecule has 0 N–H and O–H groups in total. The molecule has 0 saturated carbocycles. The fourth-order valence-corrected chi connectivity index (χ4v) is 3.49. The van der Waals surface area contributed by atoms with Crippen molar-refractivity contribution in [2.45, 2.75) is 13.3 Å². The maximum Gasteiger partial charge on any atom is 0.317 e. The minimum absolute atomic E-state index is 0.0308. The van der Waals surface area contributed by atoms with E-state index in [-0.39, 0.29) is 12.2 Å². The molecule has 2 aromatic carbocycles. The van der Waals surface area contributed by atoms with Crippen molar-refractivity contribution in [3.8, 4) is 16.5 Å². The van der Waals surface area contributed by atoms with E-state index in [1.165, 1.54) is 35.6 Å². The van der Waals surface area contributed by atoms with Gasteiger partial charge in [-0.25, -0.2) is 9.37 Å². The highest BCUT2D eigenvalue weighted by molar-refractivity contribution is 7.13. The van der Waals surface area contributed by atoms with E-state index < -0.39 is 11.8 Å². The number of hydrogen-bond acceptors (Lipinski definition) is 6. The first-order valence-electron chi connectivity index (χ1n) is 9.11. The van der Waals surface area contributed by atoms with Gasteiger partial charge in [-0.3, -0.25) is 9.59 Å². The van der Waals surface area contributed by atoms with Gasteiger partial charge in [0.05, 0.1) is 17.0 Å².